The fourth-order valence-electron chi connectivity index (χ4n) is 3.27. The number of halogens is 1. The summed E-state index contributed by atoms with van der Waals surface area (Å²) in [4.78, 5) is 12.3. The average molecular weight is 526 g/mol. The number of aromatic nitrogens is 3. The fourth-order valence-corrected chi connectivity index (χ4v) is 3.27. The third-order valence-electron chi connectivity index (χ3n) is 4.66. The Balaban J connectivity index is 0.00000320. The zero-order valence-corrected chi connectivity index (χ0v) is 20.3. The Hall–Kier alpha value is -2.14. The Bertz CT molecular complexity index is 952. The van der Waals surface area contributed by atoms with Crippen LogP contribution in [0.1, 0.15) is 49.7 Å². The maximum Gasteiger partial charge on any atom is 0.248 e. The van der Waals surface area contributed by atoms with Crippen LogP contribution in [0.2, 0.25) is 0 Å². The van der Waals surface area contributed by atoms with Crippen LogP contribution in [0.3, 0.4) is 0 Å². The first kappa shape index (κ1) is 24.1. The maximum absolute atomic E-state index is 5.48. The molecule has 30 heavy (non-hydrogen) atoms. The lowest BCUT2D eigenvalue weighted by molar-refractivity contribution is 0.0683. The van der Waals surface area contributed by atoms with Crippen molar-refractivity contribution in [2.75, 3.05) is 19.7 Å². The van der Waals surface area contributed by atoms with E-state index in [9.17, 15) is 0 Å². The molecule has 0 spiro atoms. The van der Waals surface area contributed by atoms with E-state index >= 15 is 0 Å². The molecule has 3 aromatic rings. The number of benzene rings is 1. The van der Waals surface area contributed by atoms with Crippen molar-refractivity contribution in [2.24, 2.45) is 4.99 Å². The second-order valence-corrected chi connectivity index (χ2v) is 6.83. The van der Waals surface area contributed by atoms with Gasteiger partial charge >= 0.3 is 0 Å². The van der Waals surface area contributed by atoms with E-state index in [-0.39, 0.29) is 30.1 Å². The number of nitrogens with zero attached hydrogens (tertiary/aromatic N) is 3. The number of hydrogen-bond donors (Lipinski definition) is 3. The number of ether oxygens (including phenoxy) is 1. The molecule has 0 aliphatic rings. The van der Waals surface area contributed by atoms with E-state index < -0.39 is 0 Å². The smallest absolute Gasteiger partial charge is 0.248 e. The van der Waals surface area contributed by atoms with Gasteiger partial charge in [0.2, 0.25) is 5.89 Å². The van der Waals surface area contributed by atoms with Crippen molar-refractivity contribution in [3.63, 3.8) is 0 Å². The largest absolute Gasteiger partial charge is 0.371 e. The van der Waals surface area contributed by atoms with E-state index in [0.717, 1.165) is 25.5 Å². The van der Waals surface area contributed by atoms with E-state index in [1.807, 2.05) is 20.8 Å². The SMILES string of the molecule is CCNC(=NCc1nc(C(C)OCC)no1)NCCc1c[nH]c2cccc(C)c12.I. The van der Waals surface area contributed by atoms with Crippen molar-refractivity contribution in [1.29, 1.82) is 0 Å². The van der Waals surface area contributed by atoms with Crippen molar-refractivity contribution in [2.45, 2.75) is 46.8 Å². The Labute approximate surface area is 194 Å². The van der Waals surface area contributed by atoms with Crippen LogP contribution in [-0.4, -0.2) is 40.8 Å². The fraction of sp³-hybridized carbons (Fsp3) is 0.476. The number of aromatic amines is 1. The molecular formula is C21H31IN6O2. The van der Waals surface area contributed by atoms with Gasteiger partial charge in [-0.15, -0.1) is 24.0 Å². The topological polar surface area (TPSA) is 100 Å². The maximum atomic E-state index is 5.48. The van der Waals surface area contributed by atoms with Gasteiger partial charge in [-0.1, -0.05) is 17.3 Å². The molecule has 164 valence electrons. The quantitative estimate of drug-likeness (QED) is 0.222. The standard InChI is InChI=1S/C21H30N6O2.HI/c1-5-22-21(25-13-18-26-20(27-29-18)15(4)28-6-2)23-11-10-16-12-24-17-9-7-8-14(3)19(16)17;/h7-9,12,15,24H,5-6,10-11,13H2,1-4H3,(H2,22,23,25);1H. The summed E-state index contributed by atoms with van der Waals surface area (Å²) in [5, 5.41) is 11.9. The van der Waals surface area contributed by atoms with Crippen LogP contribution in [0.5, 0.6) is 0 Å². The molecule has 3 N–H and O–H groups in total. The molecule has 0 amide bonds. The van der Waals surface area contributed by atoms with E-state index in [2.05, 4.69) is 62.1 Å². The lowest BCUT2D eigenvalue weighted by Gasteiger charge is -2.10. The van der Waals surface area contributed by atoms with E-state index in [4.69, 9.17) is 9.26 Å². The minimum Gasteiger partial charge on any atom is -0.371 e. The van der Waals surface area contributed by atoms with E-state index in [1.165, 1.54) is 22.0 Å². The molecule has 0 bridgehead atoms. The van der Waals surface area contributed by atoms with Gasteiger partial charge in [-0.05, 0) is 51.3 Å². The Morgan fingerprint density at radius 1 is 1.30 bits per heavy atom. The third-order valence-corrected chi connectivity index (χ3v) is 4.66. The number of aliphatic imine (C=N–C) groups is 1. The second-order valence-electron chi connectivity index (χ2n) is 6.83. The Morgan fingerprint density at radius 3 is 2.90 bits per heavy atom. The first-order valence-electron chi connectivity index (χ1n) is 10.1. The summed E-state index contributed by atoms with van der Waals surface area (Å²) in [5.74, 6) is 1.74. The van der Waals surface area contributed by atoms with Crippen molar-refractivity contribution >= 4 is 40.8 Å². The highest BCUT2D eigenvalue weighted by molar-refractivity contribution is 14.0. The summed E-state index contributed by atoms with van der Waals surface area (Å²) in [5.41, 5.74) is 3.76. The van der Waals surface area contributed by atoms with Crippen molar-refractivity contribution in [3.05, 3.63) is 47.2 Å². The zero-order chi connectivity index (χ0) is 20.6. The number of rotatable bonds is 9. The van der Waals surface area contributed by atoms with Crippen LogP contribution < -0.4 is 10.6 Å². The molecule has 0 saturated carbocycles. The van der Waals surface area contributed by atoms with Gasteiger partial charge < -0.3 is 24.9 Å². The van der Waals surface area contributed by atoms with Crippen molar-refractivity contribution < 1.29 is 9.26 Å². The number of nitrogens with one attached hydrogen (secondary N) is 3. The Morgan fingerprint density at radius 2 is 2.13 bits per heavy atom. The lowest BCUT2D eigenvalue weighted by atomic mass is 10.1. The van der Waals surface area contributed by atoms with Crippen molar-refractivity contribution in [1.82, 2.24) is 25.8 Å². The highest BCUT2D eigenvalue weighted by Crippen LogP contribution is 2.22. The summed E-state index contributed by atoms with van der Waals surface area (Å²) in [6, 6.07) is 6.32. The first-order chi connectivity index (χ1) is 14.1. The molecule has 0 aliphatic carbocycles. The molecule has 0 fully saturated rings. The van der Waals surface area contributed by atoms with Gasteiger partial charge in [0.15, 0.2) is 11.8 Å². The average Bonchev–Trinajstić information content (AvgIpc) is 3.34. The van der Waals surface area contributed by atoms with Gasteiger partial charge in [0.05, 0.1) is 0 Å². The van der Waals surface area contributed by atoms with E-state index in [1.54, 1.807) is 0 Å². The molecule has 0 saturated heterocycles. The first-order valence-corrected chi connectivity index (χ1v) is 10.1. The number of fused-ring (bicyclic) bond motifs is 1. The third kappa shape index (κ3) is 6.18. The minimum absolute atomic E-state index is 0. The zero-order valence-electron chi connectivity index (χ0n) is 18.0. The van der Waals surface area contributed by atoms with Crippen LogP contribution in [-0.2, 0) is 17.7 Å². The molecule has 0 aliphatic heterocycles. The van der Waals surface area contributed by atoms with Gasteiger partial charge in [-0.2, -0.15) is 4.98 Å². The molecule has 8 nitrogen and oxygen atoms in total. The summed E-state index contributed by atoms with van der Waals surface area (Å²) < 4.78 is 10.8. The highest BCUT2D eigenvalue weighted by atomic mass is 127. The number of guanidine groups is 1. The normalized spacial score (nSPS) is 12.6. The molecule has 1 aromatic carbocycles. The predicted octanol–water partition coefficient (Wildman–Crippen LogP) is 3.87. The molecule has 1 unspecified atom stereocenters. The number of aryl methyl sites for hydroxylation is 1. The molecule has 2 aromatic heterocycles. The monoisotopic (exact) mass is 526 g/mol. The van der Waals surface area contributed by atoms with Crippen molar-refractivity contribution in [3.8, 4) is 0 Å². The highest BCUT2D eigenvalue weighted by Gasteiger charge is 2.13. The predicted molar refractivity (Wildman–Crippen MR) is 129 cm³/mol. The Kier molecular flexibility index (Phi) is 9.57. The van der Waals surface area contributed by atoms with Crippen LogP contribution in [0.25, 0.3) is 10.9 Å². The van der Waals surface area contributed by atoms with Gasteiger partial charge in [0, 0.05) is 36.8 Å². The minimum atomic E-state index is -0.188. The van der Waals surface area contributed by atoms with Crippen LogP contribution in [0.4, 0.5) is 0 Å². The summed E-state index contributed by atoms with van der Waals surface area (Å²) >= 11 is 0. The molecular weight excluding hydrogens is 495 g/mol. The van der Waals surface area contributed by atoms with E-state index in [0.29, 0.717) is 24.9 Å². The molecule has 9 heteroatoms. The molecule has 3 rings (SSSR count). The van der Waals surface area contributed by atoms with Crippen LogP contribution in [0.15, 0.2) is 33.9 Å². The number of hydrogen-bond acceptors (Lipinski definition) is 5. The van der Waals surface area contributed by atoms with Gasteiger partial charge in [-0.3, -0.25) is 0 Å². The summed E-state index contributed by atoms with van der Waals surface area (Å²) in [6.45, 7) is 10.5. The molecule has 2 heterocycles. The number of H-pyrrole nitrogens is 1. The van der Waals surface area contributed by atoms with Crippen LogP contribution >= 0.6 is 24.0 Å². The summed E-state index contributed by atoms with van der Waals surface area (Å²) in [6.07, 6.45) is 2.79. The van der Waals surface area contributed by atoms with Crippen LogP contribution in [0, 0.1) is 6.92 Å². The second kappa shape index (κ2) is 11.9. The summed E-state index contributed by atoms with van der Waals surface area (Å²) in [7, 11) is 0. The van der Waals surface area contributed by atoms with Gasteiger partial charge in [0.1, 0.15) is 12.6 Å². The van der Waals surface area contributed by atoms with Gasteiger partial charge in [-0.25, -0.2) is 4.99 Å². The lowest BCUT2D eigenvalue weighted by Crippen LogP contribution is -2.38. The molecule has 1 atom stereocenters. The van der Waals surface area contributed by atoms with Gasteiger partial charge in [0.25, 0.3) is 0 Å². The molecule has 0 radical (unpaired) electrons.